The number of ether oxygens (including phenoxy) is 1. The predicted molar refractivity (Wildman–Crippen MR) is 106 cm³/mol. The lowest BCUT2D eigenvalue weighted by Gasteiger charge is -2.08. The van der Waals surface area contributed by atoms with Crippen molar-refractivity contribution < 1.29 is 4.74 Å². The summed E-state index contributed by atoms with van der Waals surface area (Å²) in [5.74, 6) is 1.32. The first kappa shape index (κ1) is 17.6. The van der Waals surface area contributed by atoms with E-state index in [9.17, 15) is 4.79 Å². The number of rotatable bonds is 5. The summed E-state index contributed by atoms with van der Waals surface area (Å²) in [7, 11) is 1.59. The van der Waals surface area contributed by atoms with Gasteiger partial charge >= 0.3 is 5.56 Å². The van der Waals surface area contributed by atoms with Crippen LogP contribution in [0.5, 0.6) is 5.75 Å². The first-order valence-corrected chi connectivity index (χ1v) is 9.51. The number of nitrogens with zero attached hydrogens (tertiary/aromatic N) is 4. The highest BCUT2D eigenvalue weighted by Crippen LogP contribution is 2.25. The average Bonchev–Trinajstić information content (AvgIpc) is 3.12. The third-order valence-electron chi connectivity index (χ3n) is 4.09. The molecule has 0 spiro atoms. The Hall–Kier alpha value is -2.77. The number of benzene rings is 2. The van der Waals surface area contributed by atoms with E-state index < -0.39 is 0 Å². The molecule has 4 aromatic rings. The number of hydrogen-bond donors (Lipinski definition) is 0. The van der Waals surface area contributed by atoms with Gasteiger partial charge < -0.3 is 4.74 Å². The molecule has 4 rings (SSSR count). The van der Waals surface area contributed by atoms with E-state index in [-0.39, 0.29) is 11.2 Å². The van der Waals surface area contributed by atoms with Crippen LogP contribution in [0.3, 0.4) is 0 Å². The number of halogens is 1. The Morgan fingerprint density at radius 2 is 1.96 bits per heavy atom. The van der Waals surface area contributed by atoms with Crippen molar-refractivity contribution in [2.24, 2.45) is 0 Å². The maximum atomic E-state index is 12.8. The normalized spacial score (nSPS) is 11.0. The minimum atomic E-state index is -0.247. The van der Waals surface area contributed by atoms with Crippen molar-refractivity contribution in [1.82, 2.24) is 19.2 Å². The van der Waals surface area contributed by atoms with Crippen LogP contribution in [-0.4, -0.2) is 26.3 Å². The molecule has 0 atom stereocenters. The van der Waals surface area contributed by atoms with Gasteiger partial charge in [0, 0.05) is 29.2 Å². The first-order valence-electron chi connectivity index (χ1n) is 8.14. The molecule has 0 radical (unpaired) electrons. The van der Waals surface area contributed by atoms with Gasteiger partial charge in [-0.05, 0) is 23.8 Å². The molecule has 0 bridgehead atoms. The van der Waals surface area contributed by atoms with E-state index in [2.05, 4.69) is 10.2 Å². The maximum Gasteiger partial charge on any atom is 0.300 e. The van der Waals surface area contributed by atoms with E-state index in [1.807, 2.05) is 42.5 Å². The van der Waals surface area contributed by atoms with Crippen LogP contribution in [0.15, 0.2) is 70.9 Å². The summed E-state index contributed by atoms with van der Waals surface area (Å²) in [5, 5.41) is 9.59. The van der Waals surface area contributed by atoms with Crippen LogP contribution < -0.4 is 10.3 Å². The molecule has 0 amide bonds. The van der Waals surface area contributed by atoms with Crippen molar-refractivity contribution >= 4 is 29.0 Å². The SMILES string of the molecule is COc1cccc(-n2ccn3c(SCc4ccccc4Cl)nnc3c2=O)c1. The third-order valence-corrected chi connectivity index (χ3v) is 5.45. The van der Waals surface area contributed by atoms with E-state index in [1.165, 1.54) is 16.3 Å². The molecule has 6 nitrogen and oxygen atoms in total. The first-order chi connectivity index (χ1) is 13.2. The van der Waals surface area contributed by atoms with Gasteiger partial charge in [-0.2, -0.15) is 0 Å². The minimum Gasteiger partial charge on any atom is -0.497 e. The molecule has 0 unspecified atom stereocenters. The molecule has 2 aromatic heterocycles. The van der Waals surface area contributed by atoms with E-state index in [1.54, 1.807) is 30.0 Å². The van der Waals surface area contributed by atoms with Gasteiger partial charge in [0.1, 0.15) is 5.75 Å². The summed E-state index contributed by atoms with van der Waals surface area (Å²) in [5.41, 5.74) is 1.73. The lowest BCUT2D eigenvalue weighted by Crippen LogP contribution is -2.20. The van der Waals surface area contributed by atoms with Crippen LogP contribution in [0.25, 0.3) is 11.3 Å². The summed E-state index contributed by atoms with van der Waals surface area (Å²) >= 11 is 7.68. The highest BCUT2D eigenvalue weighted by molar-refractivity contribution is 7.98. The Labute approximate surface area is 164 Å². The minimum absolute atomic E-state index is 0.247. The van der Waals surface area contributed by atoms with Crippen LogP contribution in [0.1, 0.15) is 5.56 Å². The number of aromatic nitrogens is 4. The van der Waals surface area contributed by atoms with Crippen molar-refractivity contribution in [3.05, 3.63) is 81.9 Å². The van der Waals surface area contributed by atoms with Crippen molar-refractivity contribution in [2.75, 3.05) is 7.11 Å². The summed E-state index contributed by atoms with van der Waals surface area (Å²) in [4.78, 5) is 12.8. The van der Waals surface area contributed by atoms with Gasteiger partial charge in [0.05, 0.1) is 12.8 Å². The molecular formula is C19H15ClN4O2S. The van der Waals surface area contributed by atoms with Crippen molar-refractivity contribution in [3.8, 4) is 11.4 Å². The zero-order valence-corrected chi connectivity index (χ0v) is 15.9. The van der Waals surface area contributed by atoms with Crippen LogP contribution >= 0.6 is 23.4 Å². The van der Waals surface area contributed by atoms with Gasteiger partial charge in [-0.1, -0.05) is 47.6 Å². The molecule has 8 heteroatoms. The molecule has 0 fully saturated rings. The van der Waals surface area contributed by atoms with Gasteiger partial charge in [0.15, 0.2) is 5.16 Å². The largest absolute Gasteiger partial charge is 0.497 e. The Morgan fingerprint density at radius 1 is 1.11 bits per heavy atom. The van der Waals surface area contributed by atoms with Crippen LogP contribution in [-0.2, 0) is 5.75 Å². The lowest BCUT2D eigenvalue weighted by molar-refractivity contribution is 0.414. The zero-order chi connectivity index (χ0) is 18.8. The molecule has 27 heavy (non-hydrogen) atoms. The highest BCUT2D eigenvalue weighted by Gasteiger charge is 2.13. The van der Waals surface area contributed by atoms with Crippen molar-refractivity contribution in [2.45, 2.75) is 10.9 Å². The summed E-state index contributed by atoms with van der Waals surface area (Å²) in [6.07, 6.45) is 3.48. The van der Waals surface area contributed by atoms with E-state index >= 15 is 0 Å². The van der Waals surface area contributed by atoms with Crippen molar-refractivity contribution in [3.63, 3.8) is 0 Å². The smallest absolute Gasteiger partial charge is 0.300 e. The van der Waals surface area contributed by atoms with Crippen LogP contribution in [0, 0.1) is 0 Å². The Balaban J connectivity index is 1.67. The standard InChI is InChI=1S/C19H15ClN4O2S/c1-26-15-7-4-6-14(11-15)23-9-10-24-17(18(23)25)21-22-19(24)27-12-13-5-2-3-8-16(13)20/h2-11H,12H2,1H3. The van der Waals surface area contributed by atoms with E-state index in [0.717, 1.165) is 5.56 Å². The lowest BCUT2D eigenvalue weighted by atomic mass is 10.2. The van der Waals surface area contributed by atoms with Crippen molar-refractivity contribution in [1.29, 1.82) is 0 Å². The Morgan fingerprint density at radius 3 is 2.78 bits per heavy atom. The Bertz CT molecular complexity index is 1170. The predicted octanol–water partition coefficient (Wildman–Crippen LogP) is 3.83. The average molecular weight is 399 g/mol. The molecular weight excluding hydrogens is 384 g/mol. The monoisotopic (exact) mass is 398 g/mol. The van der Waals surface area contributed by atoms with E-state index in [4.69, 9.17) is 16.3 Å². The second-order valence-corrected chi connectivity index (χ2v) is 7.08. The van der Waals surface area contributed by atoms with Gasteiger partial charge in [0.2, 0.25) is 5.65 Å². The fourth-order valence-corrected chi connectivity index (χ4v) is 3.89. The fraction of sp³-hybridized carbons (Fsp3) is 0.105. The molecule has 0 aliphatic carbocycles. The van der Waals surface area contributed by atoms with Crippen LogP contribution in [0.4, 0.5) is 0 Å². The molecule has 136 valence electrons. The number of methoxy groups -OCH3 is 1. The number of thioether (sulfide) groups is 1. The van der Waals surface area contributed by atoms with Gasteiger partial charge in [0.25, 0.3) is 0 Å². The summed E-state index contributed by atoms with van der Waals surface area (Å²) < 4.78 is 8.45. The maximum absolute atomic E-state index is 12.8. The summed E-state index contributed by atoms with van der Waals surface area (Å²) in [6.45, 7) is 0. The fourth-order valence-electron chi connectivity index (χ4n) is 2.69. The van der Waals surface area contributed by atoms with Gasteiger partial charge in [-0.15, -0.1) is 10.2 Å². The molecule has 2 aromatic carbocycles. The molecule has 0 aliphatic heterocycles. The quantitative estimate of drug-likeness (QED) is 0.478. The molecule has 0 saturated heterocycles. The zero-order valence-electron chi connectivity index (χ0n) is 14.4. The van der Waals surface area contributed by atoms with E-state index in [0.29, 0.717) is 27.4 Å². The third kappa shape index (κ3) is 3.43. The highest BCUT2D eigenvalue weighted by atomic mass is 35.5. The summed E-state index contributed by atoms with van der Waals surface area (Å²) in [6, 6.07) is 14.9. The molecule has 0 saturated carbocycles. The molecule has 0 aliphatic rings. The molecule has 2 heterocycles. The topological polar surface area (TPSA) is 61.4 Å². The number of hydrogen-bond acceptors (Lipinski definition) is 5. The number of fused-ring (bicyclic) bond motifs is 1. The molecule has 0 N–H and O–H groups in total. The van der Waals surface area contributed by atoms with Gasteiger partial charge in [-0.3, -0.25) is 13.8 Å². The Kier molecular flexibility index (Phi) is 4.87. The second-order valence-electron chi connectivity index (χ2n) is 5.73. The van der Waals surface area contributed by atoms with Gasteiger partial charge in [-0.25, -0.2) is 0 Å². The second kappa shape index (κ2) is 7.46. The van der Waals surface area contributed by atoms with Crippen LogP contribution in [0.2, 0.25) is 5.02 Å².